The first kappa shape index (κ1) is 16.9. The van der Waals surface area contributed by atoms with Crippen molar-refractivity contribution in [3.8, 4) is 17.1 Å². The summed E-state index contributed by atoms with van der Waals surface area (Å²) >= 11 is 0. The van der Waals surface area contributed by atoms with Crippen molar-refractivity contribution in [1.82, 2.24) is 19.9 Å². The number of amides is 1. The second-order valence-corrected chi connectivity index (χ2v) is 5.85. The van der Waals surface area contributed by atoms with Crippen LogP contribution < -0.4 is 15.8 Å². The zero-order chi connectivity index (χ0) is 17.6. The predicted octanol–water partition coefficient (Wildman–Crippen LogP) is 1.55. The lowest BCUT2D eigenvalue weighted by atomic mass is 10.2. The highest BCUT2D eigenvalue weighted by Crippen LogP contribution is 2.21. The summed E-state index contributed by atoms with van der Waals surface area (Å²) in [4.78, 5) is 26.1. The molecule has 0 bridgehead atoms. The molecule has 8 nitrogen and oxygen atoms in total. The molecule has 0 spiro atoms. The molecule has 3 rings (SSSR count). The van der Waals surface area contributed by atoms with E-state index in [0.29, 0.717) is 30.4 Å². The maximum Gasteiger partial charge on any atom is 0.222 e. The Morgan fingerprint density at radius 1 is 1.36 bits per heavy atom. The van der Waals surface area contributed by atoms with Crippen molar-refractivity contribution in [3.63, 3.8) is 0 Å². The molecule has 0 unspecified atom stereocenters. The molecular formula is C17H22N6O2. The standard InChI is InChI=1S/C17H22N6O2/c1-25-15-6-5-12(11-20-15)13-10-14(22-17(18)21-13)19-7-3-9-23-8-2-4-16(23)24/h5-6,10-11H,2-4,7-9H2,1H3,(H3,18,19,21,22). The molecule has 3 N–H and O–H groups in total. The van der Waals surface area contributed by atoms with Gasteiger partial charge in [-0.15, -0.1) is 0 Å². The highest BCUT2D eigenvalue weighted by atomic mass is 16.5. The number of anilines is 2. The van der Waals surface area contributed by atoms with Gasteiger partial charge in [0.25, 0.3) is 0 Å². The van der Waals surface area contributed by atoms with Gasteiger partial charge in [0.05, 0.1) is 12.8 Å². The fourth-order valence-electron chi connectivity index (χ4n) is 2.78. The highest BCUT2D eigenvalue weighted by Gasteiger charge is 2.18. The van der Waals surface area contributed by atoms with Crippen LogP contribution in [0.1, 0.15) is 19.3 Å². The lowest BCUT2D eigenvalue weighted by Gasteiger charge is -2.15. The number of likely N-dealkylation sites (tertiary alicyclic amines) is 1. The van der Waals surface area contributed by atoms with E-state index in [1.165, 1.54) is 0 Å². The van der Waals surface area contributed by atoms with Gasteiger partial charge in [-0.25, -0.2) is 9.97 Å². The van der Waals surface area contributed by atoms with Crippen molar-refractivity contribution in [2.75, 3.05) is 37.8 Å². The lowest BCUT2D eigenvalue weighted by Crippen LogP contribution is -2.27. The third-order valence-electron chi connectivity index (χ3n) is 4.07. The molecule has 1 aliphatic rings. The molecule has 1 aliphatic heterocycles. The van der Waals surface area contributed by atoms with Gasteiger partial charge in [0.2, 0.25) is 17.7 Å². The van der Waals surface area contributed by atoms with E-state index in [1.54, 1.807) is 19.4 Å². The third-order valence-corrected chi connectivity index (χ3v) is 4.07. The maximum atomic E-state index is 11.6. The summed E-state index contributed by atoms with van der Waals surface area (Å²) in [5.74, 6) is 1.65. The number of aromatic nitrogens is 3. The number of carbonyl (C=O) groups excluding carboxylic acids is 1. The summed E-state index contributed by atoms with van der Waals surface area (Å²) < 4.78 is 5.06. The second-order valence-electron chi connectivity index (χ2n) is 5.85. The SMILES string of the molecule is COc1ccc(-c2cc(NCCCN3CCCC3=O)nc(N)n2)cn1. The number of rotatable bonds is 7. The van der Waals surface area contributed by atoms with Crippen LogP contribution in [-0.2, 0) is 4.79 Å². The van der Waals surface area contributed by atoms with Gasteiger partial charge in [0.15, 0.2) is 0 Å². The maximum absolute atomic E-state index is 11.6. The Kier molecular flexibility index (Phi) is 5.27. The molecule has 132 valence electrons. The largest absolute Gasteiger partial charge is 0.481 e. The van der Waals surface area contributed by atoms with Crippen molar-refractivity contribution in [2.24, 2.45) is 0 Å². The Morgan fingerprint density at radius 3 is 2.92 bits per heavy atom. The first-order valence-electron chi connectivity index (χ1n) is 8.32. The highest BCUT2D eigenvalue weighted by molar-refractivity contribution is 5.78. The van der Waals surface area contributed by atoms with E-state index in [1.807, 2.05) is 17.0 Å². The van der Waals surface area contributed by atoms with Crippen LogP contribution in [0.4, 0.5) is 11.8 Å². The Balaban J connectivity index is 1.59. The van der Waals surface area contributed by atoms with E-state index < -0.39 is 0 Å². The molecular weight excluding hydrogens is 320 g/mol. The molecule has 25 heavy (non-hydrogen) atoms. The van der Waals surface area contributed by atoms with Crippen LogP contribution in [0.2, 0.25) is 0 Å². The van der Waals surface area contributed by atoms with E-state index in [-0.39, 0.29) is 11.9 Å². The molecule has 1 saturated heterocycles. The van der Waals surface area contributed by atoms with Crippen LogP contribution in [0.15, 0.2) is 24.4 Å². The summed E-state index contributed by atoms with van der Waals surface area (Å²) in [6.07, 6.45) is 4.18. The second kappa shape index (κ2) is 7.78. The number of nitrogens with one attached hydrogen (secondary N) is 1. The fourth-order valence-corrected chi connectivity index (χ4v) is 2.78. The Labute approximate surface area is 146 Å². The van der Waals surface area contributed by atoms with Gasteiger partial charge in [-0.1, -0.05) is 0 Å². The summed E-state index contributed by atoms with van der Waals surface area (Å²) in [7, 11) is 1.57. The Morgan fingerprint density at radius 2 is 2.24 bits per heavy atom. The Bertz CT molecular complexity index is 734. The molecule has 3 heterocycles. The molecule has 0 aromatic carbocycles. The normalized spacial score (nSPS) is 14.0. The van der Waals surface area contributed by atoms with Gasteiger partial charge in [-0.05, 0) is 18.9 Å². The number of nitrogen functional groups attached to an aromatic ring is 1. The van der Waals surface area contributed by atoms with Gasteiger partial charge in [-0.2, -0.15) is 4.98 Å². The smallest absolute Gasteiger partial charge is 0.222 e. The Hall–Kier alpha value is -2.90. The minimum absolute atomic E-state index is 0.200. The van der Waals surface area contributed by atoms with Gasteiger partial charge in [0.1, 0.15) is 5.82 Å². The average Bonchev–Trinajstić information content (AvgIpc) is 3.03. The first-order chi connectivity index (χ1) is 12.2. The monoisotopic (exact) mass is 342 g/mol. The van der Waals surface area contributed by atoms with E-state index in [0.717, 1.165) is 31.5 Å². The van der Waals surface area contributed by atoms with Crippen molar-refractivity contribution < 1.29 is 9.53 Å². The molecule has 1 fully saturated rings. The number of nitrogens with zero attached hydrogens (tertiary/aromatic N) is 4. The van der Waals surface area contributed by atoms with E-state index in [4.69, 9.17) is 10.5 Å². The minimum Gasteiger partial charge on any atom is -0.481 e. The van der Waals surface area contributed by atoms with Gasteiger partial charge >= 0.3 is 0 Å². The predicted molar refractivity (Wildman–Crippen MR) is 95.1 cm³/mol. The quantitative estimate of drug-likeness (QED) is 0.735. The molecule has 2 aromatic heterocycles. The van der Waals surface area contributed by atoms with E-state index in [9.17, 15) is 4.79 Å². The molecule has 8 heteroatoms. The fraction of sp³-hybridized carbons (Fsp3) is 0.412. The minimum atomic E-state index is 0.200. The summed E-state index contributed by atoms with van der Waals surface area (Å²) in [6.45, 7) is 2.34. The van der Waals surface area contributed by atoms with Crippen molar-refractivity contribution in [1.29, 1.82) is 0 Å². The first-order valence-corrected chi connectivity index (χ1v) is 8.32. The molecule has 2 aromatic rings. The lowest BCUT2D eigenvalue weighted by molar-refractivity contribution is -0.127. The zero-order valence-electron chi connectivity index (χ0n) is 14.2. The van der Waals surface area contributed by atoms with Crippen LogP contribution in [0.5, 0.6) is 5.88 Å². The van der Waals surface area contributed by atoms with E-state index >= 15 is 0 Å². The third kappa shape index (κ3) is 4.34. The van der Waals surface area contributed by atoms with Crippen LogP contribution in [0, 0.1) is 0 Å². The van der Waals surface area contributed by atoms with Gasteiger partial charge in [0, 0.05) is 49.9 Å². The number of ether oxygens (including phenoxy) is 1. The van der Waals surface area contributed by atoms with Crippen LogP contribution >= 0.6 is 0 Å². The van der Waals surface area contributed by atoms with Crippen LogP contribution in [0.3, 0.4) is 0 Å². The topological polar surface area (TPSA) is 106 Å². The molecule has 0 aliphatic carbocycles. The van der Waals surface area contributed by atoms with Crippen LogP contribution in [0.25, 0.3) is 11.3 Å². The van der Waals surface area contributed by atoms with Crippen molar-refractivity contribution in [3.05, 3.63) is 24.4 Å². The number of hydrogen-bond acceptors (Lipinski definition) is 7. The molecule has 1 amide bonds. The number of nitrogens with two attached hydrogens (primary N) is 1. The molecule has 0 atom stereocenters. The number of pyridine rings is 1. The number of carbonyl (C=O) groups is 1. The number of hydrogen-bond donors (Lipinski definition) is 2. The number of methoxy groups -OCH3 is 1. The van der Waals surface area contributed by atoms with Crippen molar-refractivity contribution in [2.45, 2.75) is 19.3 Å². The zero-order valence-corrected chi connectivity index (χ0v) is 14.2. The van der Waals surface area contributed by atoms with Gasteiger partial charge < -0.3 is 20.7 Å². The molecule has 0 saturated carbocycles. The van der Waals surface area contributed by atoms with Crippen LogP contribution in [-0.4, -0.2) is 52.5 Å². The summed E-state index contributed by atoms with van der Waals surface area (Å²) in [5, 5.41) is 3.24. The summed E-state index contributed by atoms with van der Waals surface area (Å²) in [5.41, 5.74) is 7.34. The van der Waals surface area contributed by atoms with E-state index in [2.05, 4.69) is 20.3 Å². The summed E-state index contributed by atoms with van der Waals surface area (Å²) in [6, 6.07) is 5.48. The molecule has 0 radical (unpaired) electrons. The van der Waals surface area contributed by atoms with Crippen molar-refractivity contribution >= 4 is 17.7 Å². The average molecular weight is 342 g/mol. The van der Waals surface area contributed by atoms with Gasteiger partial charge in [-0.3, -0.25) is 4.79 Å².